The van der Waals surface area contributed by atoms with Crippen molar-refractivity contribution in [3.63, 3.8) is 0 Å². The molecule has 1 aliphatic rings. The number of para-hydroxylation sites is 1. The second-order valence-electron chi connectivity index (χ2n) is 8.61. The number of nitrogens with one attached hydrogen (secondary N) is 1. The van der Waals surface area contributed by atoms with E-state index in [1.54, 1.807) is 6.20 Å². The van der Waals surface area contributed by atoms with E-state index in [0.717, 1.165) is 28.2 Å². The molecule has 1 fully saturated rings. The molecule has 8 heteroatoms. The molecule has 174 valence electrons. The van der Waals surface area contributed by atoms with Crippen LogP contribution in [0.5, 0.6) is 0 Å². The number of imidazole rings is 1. The fraction of sp³-hybridized carbons (Fsp3) is 0.360. The Labute approximate surface area is 195 Å². The summed E-state index contributed by atoms with van der Waals surface area (Å²) < 4.78 is 29.2. The zero-order valence-corrected chi connectivity index (χ0v) is 19.9. The van der Waals surface area contributed by atoms with Crippen LogP contribution in [-0.4, -0.2) is 41.3 Å². The van der Waals surface area contributed by atoms with Crippen molar-refractivity contribution in [3.05, 3.63) is 83.4 Å². The number of aromatic nitrogens is 2. The average molecular weight is 467 g/mol. The molecule has 0 atom stereocenters. The highest BCUT2D eigenvalue weighted by Gasteiger charge is 2.31. The largest absolute Gasteiger partial charge is 0.352 e. The van der Waals surface area contributed by atoms with Crippen molar-refractivity contribution in [1.82, 2.24) is 19.2 Å². The van der Waals surface area contributed by atoms with Crippen molar-refractivity contribution >= 4 is 15.9 Å². The maximum atomic E-state index is 12.8. The molecule has 1 N–H and O–H groups in total. The first-order valence-electron chi connectivity index (χ1n) is 11.2. The Morgan fingerprint density at radius 2 is 1.76 bits per heavy atom. The molecule has 0 bridgehead atoms. The van der Waals surface area contributed by atoms with Gasteiger partial charge in [0.05, 0.1) is 11.4 Å². The topological polar surface area (TPSA) is 84.3 Å². The van der Waals surface area contributed by atoms with Crippen molar-refractivity contribution in [3.8, 4) is 5.69 Å². The molecule has 3 aromatic rings. The van der Waals surface area contributed by atoms with Crippen LogP contribution in [0, 0.1) is 19.8 Å². The Morgan fingerprint density at radius 3 is 2.42 bits per heavy atom. The zero-order chi connectivity index (χ0) is 23.4. The quantitative estimate of drug-likeness (QED) is 0.579. The minimum Gasteiger partial charge on any atom is -0.352 e. The second-order valence-corrected chi connectivity index (χ2v) is 10.6. The molecule has 0 radical (unpaired) electrons. The van der Waals surface area contributed by atoms with Crippen LogP contribution in [0.1, 0.15) is 35.4 Å². The number of carbonyl (C=O) groups is 1. The van der Waals surface area contributed by atoms with E-state index in [1.807, 2.05) is 73.1 Å². The standard InChI is InChI=1S/C25H30N4O3S/c1-19-7-9-21(10-8-19)18-33(31,32)28-14-11-22(12-15-28)25(30)27-17-23-5-3-4-6-24(23)29-16-13-26-20(29)2/h3-10,13,16,22H,11-12,14-15,17-18H2,1-2H3,(H,27,30). The SMILES string of the molecule is Cc1ccc(CS(=O)(=O)N2CCC(C(=O)NCc3ccccc3-n3ccnc3C)CC2)cc1. The number of rotatable bonds is 7. The Bertz CT molecular complexity index is 1210. The number of amides is 1. The van der Waals surface area contributed by atoms with Crippen LogP contribution < -0.4 is 5.32 Å². The summed E-state index contributed by atoms with van der Waals surface area (Å²) in [5.74, 6) is 0.669. The van der Waals surface area contributed by atoms with Gasteiger partial charge in [-0.1, -0.05) is 48.0 Å². The van der Waals surface area contributed by atoms with Crippen LogP contribution in [0.15, 0.2) is 60.9 Å². The Hall–Kier alpha value is -2.97. The van der Waals surface area contributed by atoms with Gasteiger partial charge in [0, 0.05) is 37.9 Å². The first kappa shape index (κ1) is 23.2. The molecule has 0 spiro atoms. The minimum absolute atomic E-state index is 0.00536. The molecule has 33 heavy (non-hydrogen) atoms. The van der Waals surface area contributed by atoms with Gasteiger partial charge in [0.1, 0.15) is 5.82 Å². The van der Waals surface area contributed by atoms with Crippen molar-refractivity contribution < 1.29 is 13.2 Å². The number of nitrogens with zero attached hydrogens (tertiary/aromatic N) is 3. The lowest BCUT2D eigenvalue weighted by molar-refractivity contribution is -0.126. The van der Waals surface area contributed by atoms with Gasteiger partial charge in [-0.05, 0) is 43.9 Å². The molecule has 1 amide bonds. The lowest BCUT2D eigenvalue weighted by Crippen LogP contribution is -2.43. The summed E-state index contributed by atoms with van der Waals surface area (Å²) in [7, 11) is -3.40. The fourth-order valence-corrected chi connectivity index (χ4v) is 5.80. The van der Waals surface area contributed by atoms with Crippen molar-refractivity contribution in [2.24, 2.45) is 5.92 Å². The van der Waals surface area contributed by atoms with Gasteiger partial charge in [0.15, 0.2) is 0 Å². The molecular formula is C25H30N4O3S. The fourth-order valence-electron chi connectivity index (χ4n) is 4.24. The molecule has 4 rings (SSSR count). The van der Waals surface area contributed by atoms with Crippen LogP contribution in [0.3, 0.4) is 0 Å². The minimum atomic E-state index is -3.40. The lowest BCUT2D eigenvalue weighted by atomic mass is 9.97. The number of carbonyl (C=O) groups excluding carboxylic acids is 1. The number of hydrogen-bond acceptors (Lipinski definition) is 4. The van der Waals surface area contributed by atoms with E-state index in [2.05, 4.69) is 10.3 Å². The van der Waals surface area contributed by atoms with Crippen molar-refractivity contribution in [2.45, 2.75) is 39.0 Å². The smallest absolute Gasteiger partial charge is 0.223 e. The Balaban J connectivity index is 1.32. The van der Waals surface area contributed by atoms with E-state index in [9.17, 15) is 13.2 Å². The number of sulfonamides is 1. The first-order chi connectivity index (χ1) is 15.8. The highest BCUT2D eigenvalue weighted by molar-refractivity contribution is 7.88. The summed E-state index contributed by atoms with van der Waals surface area (Å²) in [6, 6.07) is 15.5. The predicted octanol–water partition coefficient (Wildman–Crippen LogP) is 3.35. The van der Waals surface area contributed by atoms with E-state index < -0.39 is 10.0 Å². The van der Waals surface area contributed by atoms with Crippen molar-refractivity contribution in [2.75, 3.05) is 13.1 Å². The van der Waals surface area contributed by atoms with Gasteiger partial charge in [0.2, 0.25) is 15.9 Å². The van der Waals surface area contributed by atoms with Gasteiger partial charge < -0.3 is 9.88 Å². The van der Waals surface area contributed by atoms with Crippen LogP contribution in [0.25, 0.3) is 5.69 Å². The Morgan fingerprint density at radius 1 is 1.06 bits per heavy atom. The summed E-state index contributed by atoms with van der Waals surface area (Å²) in [6.45, 7) is 5.08. The summed E-state index contributed by atoms with van der Waals surface area (Å²) in [5.41, 5.74) is 3.88. The highest BCUT2D eigenvalue weighted by atomic mass is 32.2. The van der Waals surface area contributed by atoms with Gasteiger partial charge in [-0.15, -0.1) is 0 Å². The monoisotopic (exact) mass is 466 g/mol. The highest BCUT2D eigenvalue weighted by Crippen LogP contribution is 2.23. The molecule has 1 aliphatic heterocycles. The number of hydrogen-bond donors (Lipinski definition) is 1. The summed E-state index contributed by atoms with van der Waals surface area (Å²) in [5, 5.41) is 3.05. The average Bonchev–Trinajstić information content (AvgIpc) is 3.25. The molecule has 1 aromatic heterocycles. The molecule has 2 aromatic carbocycles. The molecule has 7 nitrogen and oxygen atoms in total. The predicted molar refractivity (Wildman–Crippen MR) is 128 cm³/mol. The first-order valence-corrected chi connectivity index (χ1v) is 12.8. The number of benzene rings is 2. The third-order valence-corrected chi connectivity index (χ3v) is 8.07. The van der Waals surface area contributed by atoms with E-state index >= 15 is 0 Å². The number of piperidine rings is 1. The maximum absolute atomic E-state index is 12.8. The zero-order valence-electron chi connectivity index (χ0n) is 19.1. The van der Waals surface area contributed by atoms with Gasteiger partial charge in [0.25, 0.3) is 0 Å². The third-order valence-electron chi connectivity index (χ3n) is 6.22. The lowest BCUT2D eigenvalue weighted by Gasteiger charge is -2.30. The maximum Gasteiger partial charge on any atom is 0.223 e. The summed E-state index contributed by atoms with van der Waals surface area (Å²) in [4.78, 5) is 17.1. The van der Waals surface area contributed by atoms with E-state index in [-0.39, 0.29) is 17.6 Å². The molecular weight excluding hydrogens is 436 g/mol. The molecule has 0 unspecified atom stereocenters. The number of aryl methyl sites for hydroxylation is 2. The van der Waals surface area contributed by atoms with Crippen LogP contribution >= 0.6 is 0 Å². The van der Waals surface area contributed by atoms with Crippen LogP contribution in [0.4, 0.5) is 0 Å². The Kier molecular flexibility index (Phi) is 6.95. The summed E-state index contributed by atoms with van der Waals surface area (Å²) >= 11 is 0. The van der Waals surface area contributed by atoms with E-state index in [1.165, 1.54) is 4.31 Å². The third kappa shape index (κ3) is 5.51. The van der Waals surface area contributed by atoms with Gasteiger partial charge >= 0.3 is 0 Å². The van der Waals surface area contributed by atoms with E-state index in [0.29, 0.717) is 32.5 Å². The molecule has 0 saturated carbocycles. The molecule has 0 aliphatic carbocycles. The van der Waals surface area contributed by atoms with Gasteiger partial charge in [-0.3, -0.25) is 4.79 Å². The normalized spacial score (nSPS) is 15.5. The van der Waals surface area contributed by atoms with Gasteiger partial charge in [-0.2, -0.15) is 0 Å². The van der Waals surface area contributed by atoms with Crippen LogP contribution in [-0.2, 0) is 27.1 Å². The molecule has 2 heterocycles. The second kappa shape index (κ2) is 9.89. The summed E-state index contributed by atoms with van der Waals surface area (Å²) in [6.07, 6.45) is 4.72. The van der Waals surface area contributed by atoms with Gasteiger partial charge in [-0.25, -0.2) is 17.7 Å². The van der Waals surface area contributed by atoms with Crippen molar-refractivity contribution in [1.29, 1.82) is 0 Å². The van der Waals surface area contributed by atoms with E-state index in [4.69, 9.17) is 0 Å². The molecule has 1 saturated heterocycles. The van der Waals surface area contributed by atoms with Crippen LogP contribution in [0.2, 0.25) is 0 Å².